The fourth-order valence-corrected chi connectivity index (χ4v) is 1.30. The van der Waals surface area contributed by atoms with Crippen molar-refractivity contribution in [2.24, 2.45) is 5.73 Å². The number of rotatable bonds is 2. The molecule has 1 saturated carbocycles. The number of halogens is 1. The van der Waals surface area contributed by atoms with E-state index in [0.717, 1.165) is 12.8 Å². The number of nitrogens with two attached hydrogens (primary N) is 1. The van der Waals surface area contributed by atoms with Gasteiger partial charge < -0.3 is 5.73 Å². The normalized spacial score (nSPS) is 16.9. The third-order valence-electron chi connectivity index (χ3n) is 2.24. The van der Waals surface area contributed by atoms with E-state index in [4.69, 9.17) is 5.73 Å². The summed E-state index contributed by atoms with van der Waals surface area (Å²) >= 11 is 0. The SMILES string of the molecule is Cl.NC1(c2ncccc2[N+](=O)[O-])CC1. The highest BCUT2D eigenvalue weighted by molar-refractivity contribution is 5.85. The molecular formula is C8H10ClN3O2. The van der Waals surface area contributed by atoms with Crippen molar-refractivity contribution in [2.75, 3.05) is 0 Å². The summed E-state index contributed by atoms with van der Waals surface area (Å²) in [6, 6.07) is 2.99. The maximum absolute atomic E-state index is 10.6. The van der Waals surface area contributed by atoms with Crippen LogP contribution in [0.5, 0.6) is 0 Å². The lowest BCUT2D eigenvalue weighted by Gasteiger charge is -2.06. The molecule has 0 unspecified atom stereocenters. The van der Waals surface area contributed by atoms with Crippen LogP contribution in [0, 0.1) is 10.1 Å². The van der Waals surface area contributed by atoms with Gasteiger partial charge in [0.05, 0.1) is 10.5 Å². The van der Waals surface area contributed by atoms with Crippen molar-refractivity contribution >= 4 is 18.1 Å². The summed E-state index contributed by atoms with van der Waals surface area (Å²) in [5.41, 5.74) is 5.75. The number of pyridine rings is 1. The molecule has 2 rings (SSSR count). The summed E-state index contributed by atoms with van der Waals surface area (Å²) in [5.74, 6) is 0. The first kappa shape index (κ1) is 10.9. The van der Waals surface area contributed by atoms with E-state index in [1.807, 2.05) is 0 Å². The first-order chi connectivity index (χ1) is 6.13. The molecule has 0 aliphatic heterocycles. The number of hydrogen-bond donors (Lipinski definition) is 1. The Morgan fingerprint density at radius 1 is 1.57 bits per heavy atom. The maximum Gasteiger partial charge on any atom is 0.292 e. The maximum atomic E-state index is 10.6. The molecule has 0 atom stereocenters. The first-order valence-corrected chi connectivity index (χ1v) is 4.02. The minimum absolute atomic E-state index is 0. The highest BCUT2D eigenvalue weighted by Crippen LogP contribution is 2.44. The average Bonchev–Trinajstić information content (AvgIpc) is 2.85. The second-order valence-corrected chi connectivity index (χ2v) is 3.28. The molecule has 2 N–H and O–H groups in total. The van der Waals surface area contributed by atoms with Crippen LogP contribution < -0.4 is 5.73 Å². The molecule has 0 radical (unpaired) electrons. The number of nitro groups is 1. The number of aromatic nitrogens is 1. The van der Waals surface area contributed by atoms with Gasteiger partial charge in [0.2, 0.25) is 0 Å². The third kappa shape index (κ3) is 1.69. The average molecular weight is 216 g/mol. The molecule has 0 amide bonds. The highest BCUT2D eigenvalue weighted by atomic mass is 35.5. The summed E-state index contributed by atoms with van der Waals surface area (Å²) in [7, 11) is 0. The molecule has 1 fully saturated rings. The molecule has 0 aromatic carbocycles. The van der Waals surface area contributed by atoms with Gasteiger partial charge in [0, 0.05) is 12.3 Å². The van der Waals surface area contributed by atoms with Crippen molar-refractivity contribution in [1.82, 2.24) is 4.98 Å². The predicted molar refractivity (Wildman–Crippen MR) is 53.2 cm³/mol. The van der Waals surface area contributed by atoms with E-state index in [9.17, 15) is 10.1 Å². The summed E-state index contributed by atoms with van der Waals surface area (Å²) < 4.78 is 0. The summed E-state index contributed by atoms with van der Waals surface area (Å²) in [5, 5.41) is 10.6. The first-order valence-electron chi connectivity index (χ1n) is 4.02. The lowest BCUT2D eigenvalue weighted by molar-refractivity contribution is -0.386. The molecular weight excluding hydrogens is 206 g/mol. The van der Waals surface area contributed by atoms with Crippen molar-refractivity contribution < 1.29 is 4.92 Å². The van der Waals surface area contributed by atoms with Gasteiger partial charge in [0.1, 0.15) is 5.69 Å². The van der Waals surface area contributed by atoms with Crippen molar-refractivity contribution in [3.05, 3.63) is 34.1 Å². The van der Waals surface area contributed by atoms with Gasteiger partial charge in [0.15, 0.2) is 0 Å². The van der Waals surface area contributed by atoms with Crippen LogP contribution in [0.2, 0.25) is 0 Å². The Balaban J connectivity index is 0.000000980. The van der Waals surface area contributed by atoms with Gasteiger partial charge in [-0.1, -0.05) is 0 Å². The van der Waals surface area contributed by atoms with Crippen LogP contribution in [0.1, 0.15) is 18.5 Å². The van der Waals surface area contributed by atoms with Crippen LogP contribution in [0.25, 0.3) is 0 Å². The lowest BCUT2D eigenvalue weighted by atomic mass is 10.1. The van der Waals surface area contributed by atoms with Gasteiger partial charge in [-0.05, 0) is 18.9 Å². The smallest absolute Gasteiger partial charge is 0.292 e. The molecule has 0 saturated heterocycles. The van der Waals surface area contributed by atoms with Gasteiger partial charge >= 0.3 is 0 Å². The van der Waals surface area contributed by atoms with Gasteiger partial charge in [-0.2, -0.15) is 0 Å². The van der Waals surface area contributed by atoms with Gasteiger partial charge in [-0.25, -0.2) is 0 Å². The van der Waals surface area contributed by atoms with Crippen LogP contribution in [-0.2, 0) is 5.54 Å². The standard InChI is InChI=1S/C8H9N3O2.ClH/c9-8(3-4-8)7-6(11(12)13)2-1-5-10-7;/h1-2,5H,3-4,9H2;1H. The number of nitrogens with zero attached hydrogens (tertiary/aromatic N) is 2. The molecule has 1 aliphatic rings. The zero-order valence-corrected chi connectivity index (χ0v) is 8.16. The Hall–Kier alpha value is -1.20. The molecule has 0 bridgehead atoms. The topological polar surface area (TPSA) is 82.0 Å². The van der Waals surface area contributed by atoms with E-state index in [1.54, 1.807) is 6.07 Å². The van der Waals surface area contributed by atoms with Gasteiger partial charge in [0.25, 0.3) is 5.69 Å². The number of hydrogen-bond acceptors (Lipinski definition) is 4. The zero-order chi connectivity index (χ0) is 9.47. The van der Waals surface area contributed by atoms with E-state index in [0.29, 0.717) is 5.69 Å². The molecule has 1 heterocycles. The predicted octanol–water partition coefficient (Wildman–Crippen LogP) is 1.36. The van der Waals surface area contributed by atoms with Crippen molar-refractivity contribution in [3.63, 3.8) is 0 Å². The van der Waals surface area contributed by atoms with E-state index in [2.05, 4.69) is 4.98 Å². The summed E-state index contributed by atoms with van der Waals surface area (Å²) in [4.78, 5) is 14.1. The fraction of sp³-hybridized carbons (Fsp3) is 0.375. The molecule has 1 aliphatic carbocycles. The van der Waals surface area contributed by atoms with Crippen molar-refractivity contribution in [2.45, 2.75) is 18.4 Å². The van der Waals surface area contributed by atoms with E-state index in [1.165, 1.54) is 12.3 Å². The Bertz CT molecular complexity index is 365. The van der Waals surface area contributed by atoms with Gasteiger partial charge in [-0.15, -0.1) is 12.4 Å². The Morgan fingerprint density at radius 2 is 2.21 bits per heavy atom. The van der Waals surface area contributed by atoms with E-state index in [-0.39, 0.29) is 18.1 Å². The minimum Gasteiger partial charge on any atom is -0.320 e. The summed E-state index contributed by atoms with van der Waals surface area (Å²) in [6.07, 6.45) is 3.10. The van der Waals surface area contributed by atoms with E-state index < -0.39 is 10.5 Å². The Kier molecular flexibility index (Phi) is 2.73. The third-order valence-corrected chi connectivity index (χ3v) is 2.24. The van der Waals surface area contributed by atoms with Crippen molar-refractivity contribution in [1.29, 1.82) is 0 Å². The molecule has 14 heavy (non-hydrogen) atoms. The second kappa shape index (κ2) is 3.51. The Labute approximate surface area is 86.9 Å². The van der Waals surface area contributed by atoms with E-state index >= 15 is 0 Å². The Morgan fingerprint density at radius 3 is 2.71 bits per heavy atom. The monoisotopic (exact) mass is 215 g/mol. The summed E-state index contributed by atoms with van der Waals surface area (Å²) in [6.45, 7) is 0. The molecule has 1 aromatic heterocycles. The van der Waals surface area contributed by atoms with Crippen LogP contribution >= 0.6 is 12.4 Å². The molecule has 6 heteroatoms. The highest BCUT2D eigenvalue weighted by Gasteiger charge is 2.45. The molecule has 5 nitrogen and oxygen atoms in total. The zero-order valence-electron chi connectivity index (χ0n) is 7.34. The minimum atomic E-state index is -0.538. The molecule has 0 spiro atoms. The van der Waals surface area contributed by atoms with Crippen molar-refractivity contribution in [3.8, 4) is 0 Å². The second-order valence-electron chi connectivity index (χ2n) is 3.28. The lowest BCUT2D eigenvalue weighted by Crippen LogP contribution is -2.21. The van der Waals surface area contributed by atoms with Crippen LogP contribution in [-0.4, -0.2) is 9.91 Å². The van der Waals surface area contributed by atoms with Crippen LogP contribution in [0.15, 0.2) is 18.3 Å². The van der Waals surface area contributed by atoms with Gasteiger partial charge in [-0.3, -0.25) is 15.1 Å². The fourth-order valence-electron chi connectivity index (χ4n) is 1.30. The molecule has 1 aromatic rings. The quantitative estimate of drug-likeness (QED) is 0.597. The molecule has 76 valence electrons. The largest absolute Gasteiger partial charge is 0.320 e. The van der Waals surface area contributed by atoms with Crippen LogP contribution in [0.4, 0.5) is 5.69 Å². The van der Waals surface area contributed by atoms with Crippen LogP contribution in [0.3, 0.4) is 0 Å².